The van der Waals surface area contributed by atoms with Crippen LogP contribution in [0.25, 0.3) is 0 Å². The fourth-order valence-corrected chi connectivity index (χ4v) is 2.18. The predicted molar refractivity (Wildman–Crippen MR) is 57.7 cm³/mol. The lowest BCUT2D eigenvalue weighted by atomic mass is 10.1. The van der Waals surface area contributed by atoms with Crippen LogP contribution in [0.1, 0.15) is 27.2 Å². The van der Waals surface area contributed by atoms with Crippen molar-refractivity contribution < 1.29 is 14.3 Å². The normalized spacial score (nSPS) is 29.9. The first-order chi connectivity index (χ1) is 7.08. The second-order valence-electron chi connectivity index (χ2n) is 4.16. The maximum Gasteiger partial charge on any atom is 0.323 e. The Kier molecular flexibility index (Phi) is 4.54. The molecule has 0 N–H and O–H groups in total. The largest absolute Gasteiger partial charge is 0.468 e. The van der Waals surface area contributed by atoms with Crippen molar-refractivity contribution in [2.24, 2.45) is 0 Å². The van der Waals surface area contributed by atoms with Gasteiger partial charge in [-0.3, -0.25) is 9.69 Å². The van der Waals surface area contributed by atoms with Gasteiger partial charge in [0.1, 0.15) is 6.04 Å². The molecule has 0 unspecified atom stereocenters. The molecule has 0 aromatic heterocycles. The van der Waals surface area contributed by atoms with Gasteiger partial charge >= 0.3 is 5.97 Å². The van der Waals surface area contributed by atoms with E-state index in [1.54, 1.807) is 0 Å². The molecule has 15 heavy (non-hydrogen) atoms. The van der Waals surface area contributed by atoms with Crippen molar-refractivity contribution in [3.63, 3.8) is 0 Å². The molecule has 0 saturated carbocycles. The Bertz CT molecular complexity index is 210. The van der Waals surface area contributed by atoms with E-state index in [2.05, 4.69) is 4.90 Å². The van der Waals surface area contributed by atoms with Gasteiger partial charge in [0.25, 0.3) is 0 Å². The molecule has 1 rings (SSSR count). The van der Waals surface area contributed by atoms with Gasteiger partial charge in [-0.2, -0.15) is 0 Å². The minimum atomic E-state index is -0.140. The van der Waals surface area contributed by atoms with E-state index in [4.69, 9.17) is 9.47 Å². The molecule has 0 spiro atoms. The number of esters is 1. The molecule has 4 nitrogen and oxygen atoms in total. The first-order valence-electron chi connectivity index (χ1n) is 5.55. The molecular weight excluding hydrogens is 194 g/mol. The van der Waals surface area contributed by atoms with Crippen LogP contribution in [0.2, 0.25) is 0 Å². The zero-order chi connectivity index (χ0) is 11.4. The third kappa shape index (κ3) is 3.18. The number of morpholine rings is 1. The molecule has 0 aromatic rings. The van der Waals surface area contributed by atoms with Crippen LogP contribution in [-0.2, 0) is 14.3 Å². The lowest BCUT2D eigenvalue weighted by Gasteiger charge is -2.38. The van der Waals surface area contributed by atoms with Crippen LogP contribution in [0.4, 0.5) is 0 Å². The van der Waals surface area contributed by atoms with Crippen LogP contribution in [-0.4, -0.2) is 49.3 Å². The van der Waals surface area contributed by atoms with Crippen molar-refractivity contribution >= 4 is 5.97 Å². The summed E-state index contributed by atoms with van der Waals surface area (Å²) in [6.07, 6.45) is 1.16. The monoisotopic (exact) mass is 215 g/mol. The van der Waals surface area contributed by atoms with E-state index in [0.717, 1.165) is 19.5 Å². The van der Waals surface area contributed by atoms with Crippen molar-refractivity contribution in [1.29, 1.82) is 0 Å². The fraction of sp³-hybridized carbons (Fsp3) is 0.909. The molecule has 1 aliphatic rings. The molecule has 1 aliphatic heterocycles. The highest BCUT2D eigenvalue weighted by Crippen LogP contribution is 2.16. The highest BCUT2D eigenvalue weighted by Gasteiger charge is 2.31. The van der Waals surface area contributed by atoms with E-state index in [9.17, 15) is 4.79 Å². The third-order valence-corrected chi connectivity index (χ3v) is 2.75. The number of methoxy groups -OCH3 is 1. The first kappa shape index (κ1) is 12.5. The molecule has 1 saturated heterocycles. The Morgan fingerprint density at radius 1 is 1.47 bits per heavy atom. The Balaban J connectivity index is 2.63. The van der Waals surface area contributed by atoms with Gasteiger partial charge in [0.2, 0.25) is 0 Å². The van der Waals surface area contributed by atoms with Crippen LogP contribution in [0, 0.1) is 0 Å². The predicted octanol–water partition coefficient (Wildman–Crippen LogP) is 1.05. The van der Waals surface area contributed by atoms with Crippen LogP contribution in [0.5, 0.6) is 0 Å². The Hall–Kier alpha value is -0.610. The van der Waals surface area contributed by atoms with E-state index >= 15 is 0 Å². The van der Waals surface area contributed by atoms with Gasteiger partial charge in [-0.1, -0.05) is 6.92 Å². The molecule has 1 heterocycles. The van der Waals surface area contributed by atoms with Gasteiger partial charge in [-0.25, -0.2) is 0 Å². The van der Waals surface area contributed by atoms with Crippen molar-refractivity contribution in [3.05, 3.63) is 0 Å². The van der Waals surface area contributed by atoms with E-state index in [0.29, 0.717) is 0 Å². The van der Waals surface area contributed by atoms with Crippen LogP contribution >= 0.6 is 0 Å². The van der Waals surface area contributed by atoms with Gasteiger partial charge in [0.05, 0.1) is 19.3 Å². The van der Waals surface area contributed by atoms with Gasteiger partial charge in [0.15, 0.2) is 0 Å². The fourth-order valence-electron chi connectivity index (χ4n) is 2.18. The summed E-state index contributed by atoms with van der Waals surface area (Å²) in [6.45, 7) is 7.68. The number of carbonyl (C=O) groups excluding carboxylic acids is 1. The molecule has 4 heteroatoms. The summed E-state index contributed by atoms with van der Waals surface area (Å²) in [5.74, 6) is -0.140. The van der Waals surface area contributed by atoms with Gasteiger partial charge in [-0.15, -0.1) is 0 Å². The Morgan fingerprint density at radius 2 is 2.00 bits per heavy atom. The van der Waals surface area contributed by atoms with Crippen molar-refractivity contribution in [2.75, 3.05) is 20.2 Å². The Morgan fingerprint density at radius 3 is 2.40 bits per heavy atom. The number of hydrogen-bond acceptors (Lipinski definition) is 4. The summed E-state index contributed by atoms with van der Waals surface area (Å²) >= 11 is 0. The van der Waals surface area contributed by atoms with Crippen LogP contribution in [0.15, 0.2) is 0 Å². The average molecular weight is 215 g/mol. The third-order valence-electron chi connectivity index (χ3n) is 2.75. The number of carbonyl (C=O) groups is 1. The lowest BCUT2D eigenvalue weighted by Crippen LogP contribution is -2.52. The average Bonchev–Trinajstić information content (AvgIpc) is 2.17. The molecule has 0 bridgehead atoms. The summed E-state index contributed by atoms with van der Waals surface area (Å²) in [5, 5.41) is 0. The number of ether oxygens (including phenoxy) is 2. The highest BCUT2D eigenvalue weighted by atomic mass is 16.5. The number of nitrogens with zero attached hydrogens (tertiary/aromatic N) is 1. The first-order valence-corrected chi connectivity index (χ1v) is 5.55. The van der Waals surface area contributed by atoms with Crippen molar-refractivity contribution in [2.45, 2.75) is 45.4 Å². The van der Waals surface area contributed by atoms with Gasteiger partial charge in [0, 0.05) is 13.1 Å². The van der Waals surface area contributed by atoms with Crippen molar-refractivity contribution in [1.82, 2.24) is 4.90 Å². The minimum Gasteiger partial charge on any atom is -0.468 e. The molecule has 0 amide bonds. The molecule has 3 atom stereocenters. The van der Waals surface area contributed by atoms with E-state index in [1.807, 2.05) is 20.8 Å². The molecule has 1 fully saturated rings. The maximum absolute atomic E-state index is 11.6. The summed E-state index contributed by atoms with van der Waals surface area (Å²) in [5.41, 5.74) is 0. The highest BCUT2D eigenvalue weighted by molar-refractivity contribution is 5.75. The van der Waals surface area contributed by atoms with E-state index in [-0.39, 0.29) is 24.2 Å². The molecular formula is C11H21NO3. The van der Waals surface area contributed by atoms with Crippen molar-refractivity contribution in [3.8, 4) is 0 Å². The topological polar surface area (TPSA) is 38.8 Å². The van der Waals surface area contributed by atoms with E-state index < -0.39 is 0 Å². The number of rotatable bonds is 3. The van der Waals surface area contributed by atoms with Gasteiger partial charge < -0.3 is 9.47 Å². The van der Waals surface area contributed by atoms with Gasteiger partial charge in [-0.05, 0) is 20.3 Å². The van der Waals surface area contributed by atoms with E-state index in [1.165, 1.54) is 7.11 Å². The minimum absolute atomic E-state index is 0.121. The molecule has 0 radical (unpaired) electrons. The zero-order valence-electron chi connectivity index (χ0n) is 10.0. The summed E-state index contributed by atoms with van der Waals surface area (Å²) in [7, 11) is 1.44. The standard InChI is InChI=1S/C11H21NO3/c1-5-10(11(13)14-4)12-6-8(2)15-9(3)7-12/h8-10H,5-7H2,1-4H3/t8-,9-,10+/m0/s1. The SMILES string of the molecule is CC[C@H](C(=O)OC)N1C[C@H](C)O[C@@H](C)C1. The second-order valence-corrected chi connectivity index (χ2v) is 4.16. The summed E-state index contributed by atoms with van der Waals surface area (Å²) in [4.78, 5) is 13.7. The lowest BCUT2D eigenvalue weighted by molar-refractivity contribution is -0.152. The molecule has 0 aromatic carbocycles. The molecule has 0 aliphatic carbocycles. The van der Waals surface area contributed by atoms with Crippen LogP contribution in [0.3, 0.4) is 0 Å². The number of hydrogen-bond donors (Lipinski definition) is 0. The Labute approximate surface area is 91.5 Å². The molecule has 88 valence electrons. The summed E-state index contributed by atoms with van der Waals surface area (Å²) in [6, 6.07) is -0.121. The van der Waals surface area contributed by atoms with Crippen LogP contribution < -0.4 is 0 Å². The smallest absolute Gasteiger partial charge is 0.323 e. The zero-order valence-corrected chi connectivity index (χ0v) is 10.0. The maximum atomic E-state index is 11.6. The summed E-state index contributed by atoms with van der Waals surface area (Å²) < 4.78 is 10.4. The second kappa shape index (κ2) is 5.47. The quantitative estimate of drug-likeness (QED) is 0.660.